The summed E-state index contributed by atoms with van der Waals surface area (Å²) in [6, 6.07) is 12.1. The van der Waals surface area contributed by atoms with Crippen molar-refractivity contribution in [2.45, 2.75) is 11.3 Å². The molecule has 6 nitrogen and oxygen atoms in total. The minimum atomic E-state index is -3.80. The number of nitrogens with one attached hydrogen (secondary N) is 2. The normalized spacial score (nSPS) is 14.0. The third-order valence-electron chi connectivity index (χ3n) is 4.01. The van der Waals surface area contributed by atoms with Crippen LogP contribution < -0.4 is 10.5 Å². The molecule has 0 fully saturated rings. The number of anilines is 1. The Morgan fingerprint density at radius 1 is 1.09 bits per heavy atom. The second kappa shape index (κ2) is 4.68. The van der Waals surface area contributed by atoms with Crippen molar-refractivity contribution in [2.75, 3.05) is 5.32 Å². The molecule has 0 atom stereocenters. The highest BCUT2D eigenvalue weighted by atomic mass is 32.2. The van der Waals surface area contributed by atoms with Crippen LogP contribution in [0.2, 0.25) is 0 Å². The van der Waals surface area contributed by atoms with E-state index in [4.69, 9.17) is 5.14 Å². The minimum Gasteiger partial charge on any atom is -0.354 e. The van der Waals surface area contributed by atoms with Crippen LogP contribution in [-0.2, 0) is 21.2 Å². The third kappa shape index (κ3) is 2.21. The van der Waals surface area contributed by atoms with Gasteiger partial charge in [-0.2, -0.15) is 0 Å². The van der Waals surface area contributed by atoms with E-state index in [1.165, 1.54) is 12.1 Å². The summed E-state index contributed by atoms with van der Waals surface area (Å²) in [6.45, 7) is 0. The number of aromatic amines is 1. The van der Waals surface area contributed by atoms with Crippen LogP contribution in [0.5, 0.6) is 0 Å². The van der Waals surface area contributed by atoms with Gasteiger partial charge in [0.25, 0.3) is 0 Å². The van der Waals surface area contributed by atoms with Crippen LogP contribution >= 0.6 is 0 Å². The fourth-order valence-electron chi connectivity index (χ4n) is 2.98. The average Bonchev–Trinajstić information content (AvgIpc) is 2.77. The molecule has 1 aliphatic heterocycles. The topological polar surface area (TPSA) is 105 Å². The summed E-state index contributed by atoms with van der Waals surface area (Å²) < 4.78 is 23.2. The van der Waals surface area contributed by atoms with E-state index in [0.717, 1.165) is 28.0 Å². The number of carbonyl (C=O) groups is 1. The number of carbonyl (C=O) groups excluding carboxylic acids is 1. The number of amides is 1. The first kappa shape index (κ1) is 14.0. The molecule has 0 unspecified atom stereocenters. The van der Waals surface area contributed by atoms with Gasteiger partial charge in [0.1, 0.15) is 0 Å². The number of para-hydroxylation sites is 1. The Balaban J connectivity index is 2.06. The molecule has 1 aliphatic rings. The molecule has 0 saturated carbocycles. The van der Waals surface area contributed by atoms with Gasteiger partial charge in [0.05, 0.1) is 22.7 Å². The van der Waals surface area contributed by atoms with Gasteiger partial charge >= 0.3 is 0 Å². The molecule has 7 heteroatoms. The molecule has 0 aliphatic carbocycles. The van der Waals surface area contributed by atoms with Gasteiger partial charge in [-0.1, -0.05) is 18.2 Å². The average molecular weight is 327 g/mol. The summed E-state index contributed by atoms with van der Waals surface area (Å²) in [5, 5.41) is 8.77. The lowest BCUT2D eigenvalue weighted by atomic mass is 10.0. The fourth-order valence-corrected chi connectivity index (χ4v) is 3.52. The molecule has 0 bridgehead atoms. The maximum absolute atomic E-state index is 12.2. The van der Waals surface area contributed by atoms with Crippen LogP contribution in [0.1, 0.15) is 5.56 Å². The van der Waals surface area contributed by atoms with Crippen LogP contribution in [0.4, 0.5) is 5.69 Å². The first-order chi connectivity index (χ1) is 10.9. The van der Waals surface area contributed by atoms with E-state index < -0.39 is 10.0 Å². The van der Waals surface area contributed by atoms with E-state index >= 15 is 0 Å². The zero-order valence-electron chi connectivity index (χ0n) is 12.0. The number of sulfonamides is 1. The highest BCUT2D eigenvalue weighted by Crippen LogP contribution is 2.37. The maximum atomic E-state index is 12.2. The predicted molar refractivity (Wildman–Crippen MR) is 87.4 cm³/mol. The molecule has 2 heterocycles. The molecule has 4 rings (SSSR count). The zero-order chi connectivity index (χ0) is 16.2. The summed E-state index contributed by atoms with van der Waals surface area (Å²) in [5.41, 5.74) is 3.97. The summed E-state index contributed by atoms with van der Waals surface area (Å²) in [5.74, 6) is -0.141. The molecule has 116 valence electrons. The highest BCUT2D eigenvalue weighted by Gasteiger charge is 2.23. The number of aromatic nitrogens is 1. The maximum Gasteiger partial charge on any atom is 0.238 e. The lowest BCUT2D eigenvalue weighted by Crippen LogP contribution is -2.13. The number of fused-ring (bicyclic) bond motifs is 5. The highest BCUT2D eigenvalue weighted by molar-refractivity contribution is 7.89. The van der Waals surface area contributed by atoms with Crippen molar-refractivity contribution in [1.29, 1.82) is 0 Å². The lowest BCUT2D eigenvalue weighted by molar-refractivity contribution is -0.115. The standard InChI is InChI=1S/C16H13N3O3S/c17-23(21,22)9-5-6-14-11(7-9)12-8-15(20)18-13-4-2-1-3-10(13)16(12)19-14/h1-7,19H,8H2,(H,18,20)(H2,17,21,22). The summed E-state index contributed by atoms with van der Waals surface area (Å²) in [7, 11) is -3.80. The number of hydrogen-bond acceptors (Lipinski definition) is 3. The van der Waals surface area contributed by atoms with Gasteiger partial charge in [0.15, 0.2) is 0 Å². The van der Waals surface area contributed by atoms with Crippen molar-refractivity contribution in [3.8, 4) is 11.3 Å². The van der Waals surface area contributed by atoms with E-state index in [1.54, 1.807) is 6.07 Å². The number of hydrogen-bond donors (Lipinski definition) is 3. The molecule has 1 amide bonds. The smallest absolute Gasteiger partial charge is 0.238 e. The van der Waals surface area contributed by atoms with Gasteiger partial charge in [-0.15, -0.1) is 0 Å². The van der Waals surface area contributed by atoms with Crippen LogP contribution in [-0.4, -0.2) is 19.3 Å². The lowest BCUT2D eigenvalue weighted by Gasteiger charge is -2.05. The van der Waals surface area contributed by atoms with Crippen molar-refractivity contribution in [3.05, 3.63) is 48.0 Å². The fraction of sp³-hybridized carbons (Fsp3) is 0.0625. The number of H-pyrrole nitrogens is 1. The predicted octanol–water partition coefficient (Wildman–Crippen LogP) is 1.98. The Kier molecular flexibility index (Phi) is 2.84. The Labute approximate surface area is 132 Å². The number of primary sulfonamides is 1. The van der Waals surface area contributed by atoms with E-state index in [2.05, 4.69) is 10.3 Å². The number of rotatable bonds is 1. The quantitative estimate of drug-likeness (QED) is 0.636. The van der Waals surface area contributed by atoms with Crippen molar-refractivity contribution in [3.63, 3.8) is 0 Å². The molecule has 4 N–H and O–H groups in total. The third-order valence-corrected chi connectivity index (χ3v) is 4.92. The Morgan fingerprint density at radius 2 is 1.87 bits per heavy atom. The molecule has 0 radical (unpaired) electrons. The van der Waals surface area contributed by atoms with E-state index in [0.29, 0.717) is 5.39 Å². The molecule has 3 aromatic rings. The van der Waals surface area contributed by atoms with Crippen molar-refractivity contribution < 1.29 is 13.2 Å². The van der Waals surface area contributed by atoms with Gasteiger partial charge in [0, 0.05) is 16.5 Å². The summed E-state index contributed by atoms with van der Waals surface area (Å²) in [4.78, 5) is 15.5. The molecule has 0 saturated heterocycles. The Morgan fingerprint density at radius 3 is 2.65 bits per heavy atom. The summed E-state index contributed by atoms with van der Waals surface area (Å²) in [6.07, 6.45) is 0.165. The Hall–Kier alpha value is -2.64. The molecule has 0 spiro atoms. The number of nitrogens with two attached hydrogens (primary N) is 1. The van der Waals surface area contributed by atoms with Gasteiger partial charge in [0.2, 0.25) is 15.9 Å². The van der Waals surface area contributed by atoms with Gasteiger partial charge < -0.3 is 10.3 Å². The van der Waals surface area contributed by atoms with Gasteiger partial charge in [-0.25, -0.2) is 13.6 Å². The molecule has 1 aromatic heterocycles. The molecular formula is C16H13N3O3S. The van der Waals surface area contributed by atoms with Crippen molar-refractivity contribution >= 4 is 32.5 Å². The van der Waals surface area contributed by atoms with Gasteiger partial charge in [-0.3, -0.25) is 4.79 Å². The van der Waals surface area contributed by atoms with Crippen LogP contribution in [0.3, 0.4) is 0 Å². The van der Waals surface area contributed by atoms with Crippen LogP contribution in [0.15, 0.2) is 47.4 Å². The monoisotopic (exact) mass is 327 g/mol. The van der Waals surface area contributed by atoms with Crippen LogP contribution in [0.25, 0.3) is 22.2 Å². The van der Waals surface area contributed by atoms with E-state index in [1.807, 2.05) is 24.3 Å². The summed E-state index contributed by atoms with van der Waals surface area (Å²) >= 11 is 0. The van der Waals surface area contributed by atoms with Crippen molar-refractivity contribution in [1.82, 2.24) is 4.98 Å². The minimum absolute atomic E-state index is 0.0322. The zero-order valence-corrected chi connectivity index (χ0v) is 12.8. The van der Waals surface area contributed by atoms with Crippen molar-refractivity contribution in [2.24, 2.45) is 5.14 Å². The van der Waals surface area contributed by atoms with Crippen LogP contribution in [0, 0.1) is 0 Å². The Bertz CT molecular complexity index is 1070. The van der Waals surface area contributed by atoms with E-state index in [9.17, 15) is 13.2 Å². The van der Waals surface area contributed by atoms with Gasteiger partial charge in [-0.05, 0) is 29.8 Å². The largest absolute Gasteiger partial charge is 0.354 e. The first-order valence-electron chi connectivity index (χ1n) is 7.00. The second-order valence-electron chi connectivity index (χ2n) is 5.50. The SMILES string of the molecule is NS(=O)(=O)c1ccc2[nH]c3c(c2c1)CC(=O)Nc1ccccc1-3. The molecular weight excluding hydrogens is 314 g/mol. The second-order valence-corrected chi connectivity index (χ2v) is 7.06. The van der Waals surface area contributed by atoms with E-state index in [-0.39, 0.29) is 17.2 Å². The molecule has 2 aromatic carbocycles. The first-order valence-corrected chi connectivity index (χ1v) is 8.55. The number of benzene rings is 2. The molecule has 23 heavy (non-hydrogen) atoms.